The quantitative estimate of drug-likeness (QED) is 0.889. The number of amides is 1. The molecule has 6 heteroatoms. The number of ether oxygens (including phenoxy) is 2. The van der Waals surface area contributed by atoms with Crippen molar-refractivity contribution >= 4 is 5.91 Å². The van der Waals surface area contributed by atoms with Crippen molar-refractivity contribution in [3.05, 3.63) is 29.6 Å². The Morgan fingerprint density at radius 1 is 1.31 bits per heavy atom. The van der Waals surface area contributed by atoms with E-state index in [-0.39, 0.29) is 5.60 Å². The molecule has 1 aliphatic carbocycles. The number of nitrogens with two attached hydrogens (primary N) is 1. The third kappa shape index (κ3) is 2.94. The van der Waals surface area contributed by atoms with Crippen molar-refractivity contribution in [2.24, 2.45) is 17.6 Å². The van der Waals surface area contributed by atoms with E-state index in [9.17, 15) is 4.79 Å². The standard InChI is InChI=1S/C20H29N3O3/c1-25-20(14-7-8-22-18(10-14)19(21)24)15-4-2-5-16(20)12-23(11-15)17-6-3-9-26-13-17/h7-8,10,15-17H,2-6,9,11-13H2,1H3,(H2,21,24)/t15?,16?,17-,20?/m1/s1. The largest absolute Gasteiger partial charge is 0.380 e. The van der Waals surface area contributed by atoms with E-state index in [1.54, 1.807) is 6.20 Å². The average Bonchev–Trinajstić information content (AvgIpc) is 2.67. The summed E-state index contributed by atoms with van der Waals surface area (Å²) in [5.74, 6) is 0.329. The second-order valence-corrected chi connectivity index (χ2v) is 7.94. The molecule has 3 atom stereocenters. The van der Waals surface area contributed by atoms with Gasteiger partial charge in [-0.3, -0.25) is 14.7 Å². The molecule has 0 spiro atoms. The van der Waals surface area contributed by atoms with E-state index in [0.717, 1.165) is 51.1 Å². The lowest BCUT2D eigenvalue weighted by Crippen LogP contribution is -2.61. The number of nitrogens with zero attached hydrogens (tertiary/aromatic N) is 2. The molecule has 1 aromatic heterocycles. The smallest absolute Gasteiger partial charge is 0.267 e. The van der Waals surface area contributed by atoms with Crippen LogP contribution in [0.5, 0.6) is 0 Å². The van der Waals surface area contributed by atoms with Crippen LogP contribution in [0, 0.1) is 11.8 Å². The van der Waals surface area contributed by atoms with E-state index in [4.69, 9.17) is 15.2 Å². The number of hydrogen-bond acceptors (Lipinski definition) is 5. The number of primary amides is 1. The molecule has 2 aliphatic heterocycles. The molecule has 26 heavy (non-hydrogen) atoms. The Morgan fingerprint density at radius 2 is 2.08 bits per heavy atom. The fraction of sp³-hybridized carbons (Fsp3) is 0.700. The topological polar surface area (TPSA) is 77.7 Å². The van der Waals surface area contributed by atoms with Crippen LogP contribution in [-0.4, -0.2) is 55.2 Å². The SMILES string of the molecule is COC1(c2ccnc(C(N)=O)c2)C2CCCC1CN([C@@H]1CCCOC1)C2. The summed E-state index contributed by atoms with van der Waals surface area (Å²) in [6.45, 7) is 3.78. The van der Waals surface area contributed by atoms with Crippen LogP contribution in [0.15, 0.2) is 18.3 Å². The third-order valence-corrected chi connectivity index (χ3v) is 6.68. The molecule has 2 saturated heterocycles. The van der Waals surface area contributed by atoms with Crippen LogP contribution in [0.25, 0.3) is 0 Å². The fourth-order valence-corrected chi connectivity index (χ4v) is 5.51. The first-order valence-corrected chi connectivity index (χ1v) is 9.78. The van der Waals surface area contributed by atoms with Gasteiger partial charge >= 0.3 is 0 Å². The number of pyridine rings is 1. The zero-order valence-corrected chi connectivity index (χ0v) is 15.5. The highest BCUT2D eigenvalue weighted by Gasteiger charge is 2.54. The summed E-state index contributed by atoms with van der Waals surface area (Å²) in [6, 6.07) is 4.37. The summed E-state index contributed by atoms with van der Waals surface area (Å²) in [5, 5.41) is 0. The number of methoxy groups -OCH3 is 1. The lowest BCUT2D eigenvalue weighted by Gasteiger charge is -2.57. The molecule has 2 unspecified atom stereocenters. The Labute approximate surface area is 155 Å². The first-order valence-electron chi connectivity index (χ1n) is 9.78. The molecule has 0 aromatic carbocycles. The van der Waals surface area contributed by atoms with Gasteiger partial charge in [-0.25, -0.2) is 0 Å². The highest BCUT2D eigenvalue weighted by atomic mass is 16.5. The number of carbonyl (C=O) groups is 1. The number of rotatable bonds is 4. The summed E-state index contributed by atoms with van der Waals surface area (Å²) < 4.78 is 12.0. The summed E-state index contributed by atoms with van der Waals surface area (Å²) in [5.41, 5.74) is 6.49. The maximum Gasteiger partial charge on any atom is 0.267 e. The van der Waals surface area contributed by atoms with Crippen molar-refractivity contribution in [1.29, 1.82) is 0 Å². The predicted octanol–water partition coefficient (Wildman–Crippen LogP) is 1.93. The fourth-order valence-electron chi connectivity index (χ4n) is 5.51. The Bertz CT molecular complexity index is 645. The normalized spacial score (nSPS) is 35.2. The number of likely N-dealkylation sites (tertiary alicyclic amines) is 1. The van der Waals surface area contributed by atoms with E-state index >= 15 is 0 Å². The number of aromatic nitrogens is 1. The molecule has 3 heterocycles. The monoisotopic (exact) mass is 359 g/mol. The summed E-state index contributed by atoms with van der Waals surface area (Å²) >= 11 is 0. The van der Waals surface area contributed by atoms with Gasteiger partial charge in [0, 0.05) is 50.9 Å². The van der Waals surface area contributed by atoms with Gasteiger partial charge in [0.15, 0.2) is 0 Å². The van der Waals surface area contributed by atoms with E-state index in [1.807, 2.05) is 19.2 Å². The number of fused-ring (bicyclic) bond motifs is 2. The molecule has 0 radical (unpaired) electrons. The Hall–Kier alpha value is -1.50. The van der Waals surface area contributed by atoms with Gasteiger partial charge in [0.2, 0.25) is 0 Å². The van der Waals surface area contributed by atoms with E-state index in [1.165, 1.54) is 12.8 Å². The molecule has 1 aromatic rings. The van der Waals surface area contributed by atoms with Crippen LogP contribution in [-0.2, 0) is 15.1 Å². The molecule has 1 saturated carbocycles. The maximum absolute atomic E-state index is 11.6. The zero-order chi connectivity index (χ0) is 18.1. The van der Waals surface area contributed by atoms with Crippen LogP contribution in [0.2, 0.25) is 0 Å². The summed E-state index contributed by atoms with van der Waals surface area (Å²) in [4.78, 5) is 18.4. The van der Waals surface area contributed by atoms with Crippen molar-refractivity contribution in [3.63, 3.8) is 0 Å². The predicted molar refractivity (Wildman–Crippen MR) is 97.7 cm³/mol. The second kappa shape index (κ2) is 7.25. The second-order valence-electron chi connectivity index (χ2n) is 7.94. The van der Waals surface area contributed by atoms with Crippen molar-refractivity contribution in [3.8, 4) is 0 Å². The van der Waals surface area contributed by atoms with Gasteiger partial charge in [-0.1, -0.05) is 6.42 Å². The molecule has 2 bridgehead atoms. The minimum atomic E-state index is -0.486. The van der Waals surface area contributed by atoms with Crippen molar-refractivity contribution in [2.75, 3.05) is 33.4 Å². The molecule has 3 aliphatic rings. The summed E-state index contributed by atoms with van der Waals surface area (Å²) in [7, 11) is 1.81. The van der Waals surface area contributed by atoms with Gasteiger partial charge in [-0.15, -0.1) is 0 Å². The molecule has 2 N–H and O–H groups in total. The minimum absolute atomic E-state index is 0.320. The first-order chi connectivity index (χ1) is 12.6. The van der Waals surface area contributed by atoms with Crippen LogP contribution in [0.4, 0.5) is 0 Å². The lowest BCUT2D eigenvalue weighted by molar-refractivity contribution is -0.179. The zero-order valence-electron chi connectivity index (χ0n) is 15.5. The number of piperidine rings is 1. The van der Waals surface area contributed by atoms with Gasteiger partial charge in [-0.05, 0) is 43.4 Å². The molecular formula is C20H29N3O3. The third-order valence-electron chi connectivity index (χ3n) is 6.68. The van der Waals surface area contributed by atoms with Gasteiger partial charge < -0.3 is 15.2 Å². The van der Waals surface area contributed by atoms with E-state index in [0.29, 0.717) is 23.6 Å². The van der Waals surface area contributed by atoms with Gasteiger partial charge in [0.1, 0.15) is 11.3 Å². The Kier molecular flexibility index (Phi) is 4.99. The van der Waals surface area contributed by atoms with Crippen molar-refractivity contribution < 1.29 is 14.3 Å². The van der Waals surface area contributed by atoms with Crippen molar-refractivity contribution in [1.82, 2.24) is 9.88 Å². The first kappa shape index (κ1) is 17.9. The lowest BCUT2D eigenvalue weighted by atomic mass is 9.62. The molecular weight excluding hydrogens is 330 g/mol. The molecule has 4 rings (SSSR count). The highest BCUT2D eigenvalue weighted by Crippen LogP contribution is 2.52. The molecule has 1 amide bonds. The molecule has 6 nitrogen and oxygen atoms in total. The van der Waals surface area contributed by atoms with E-state index in [2.05, 4.69) is 9.88 Å². The number of hydrogen-bond donors (Lipinski definition) is 1. The van der Waals surface area contributed by atoms with Crippen LogP contribution >= 0.6 is 0 Å². The molecule has 3 fully saturated rings. The minimum Gasteiger partial charge on any atom is -0.380 e. The average molecular weight is 359 g/mol. The van der Waals surface area contributed by atoms with Crippen LogP contribution < -0.4 is 5.73 Å². The molecule has 142 valence electrons. The Morgan fingerprint density at radius 3 is 2.69 bits per heavy atom. The maximum atomic E-state index is 11.6. The van der Waals surface area contributed by atoms with Gasteiger partial charge in [0.25, 0.3) is 5.91 Å². The Balaban J connectivity index is 1.66. The summed E-state index contributed by atoms with van der Waals surface area (Å²) in [6.07, 6.45) is 7.58. The van der Waals surface area contributed by atoms with Crippen molar-refractivity contribution in [2.45, 2.75) is 43.7 Å². The van der Waals surface area contributed by atoms with Gasteiger partial charge in [-0.2, -0.15) is 0 Å². The van der Waals surface area contributed by atoms with Crippen LogP contribution in [0.3, 0.4) is 0 Å². The highest BCUT2D eigenvalue weighted by molar-refractivity contribution is 5.90. The van der Waals surface area contributed by atoms with E-state index < -0.39 is 5.91 Å². The van der Waals surface area contributed by atoms with Crippen LogP contribution in [0.1, 0.15) is 48.2 Å². The van der Waals surface area contributed by atoms with Gasteiger partial charge in [0.05, 0.1) is 6.61 Å². The number of carbonyl (C=O) groups excluding carboxylic acids is 1.